The van der Waals surface area contributed by atoms with Crippen molar-refractivity contribution in [1.29, 1.82) is 0 Å². The van der Waals surface area contributed by atoms with Gasteiger partial charge in [-0.15, -0.1) is 0 Å². The first-order valence-electron chi connectivity index (χ1n) is 11.7. The molecular formula is C23H35F3N6O3SY-2. The summed E-state index contributed by atoms with van der Waals surface area (Å²) < 4.78 is 43.0. The minimum atomic E-state index is -4.50. The Hall–Kier alpha value is -1.34. The normalized spacial score (nSPS) is 21.0. The number of amides is 3. The van der Waals surface area contributed by atoms with Crippen LogP contribution in [0, 0.1) is 12.8 Å². The van der Waals surface area contributed by atoms with Crippen LogP contribution in [0.25, 0.3) is 0 Å². The van der Waals surface area contributed by atoms with Crippen molar-refractivity contribution in [2.45, 2.75) is 57.3 Å². The van der Waals surface area contributed by atoms with E-state index in [1.807, 2.05) is 30.7 Å². The van der Waals surface area contributed by atoms with Crippen molar-refractivity contribution in [3.8, 4) is 0 Å². The van der Waals surface area contributed by atoms with Gasteiger partial charge >= 0.3 is 18.3 Å². The maximum atomic E-state index is 12.7. The van der Waals surface area contributed by atoms with E-state index in [2.05, 4.69) is 15.3 Å². The number of alkyl halides is 3. The number of cyclic esters (lactones) is 1. The SMILES string of the molecule is CC.CN(c1cnc(C(F)(F)F)cn1)C1CCC2(CC1)CN(C(=O)N1CC3(COC(=O)N3)C1)C2.[CH3-].[SH-].[Y]. The van der Waals surface area contributed by atoms with Gasteiger partial charge in [-0.05, 0) is 25.7 Å². The van der Waals surface area contributed by atoms with Gasteiger partial charge in [0.05, 0.1) is 25.5 Å². The third-order valence-corrected chi connectivity index (χ3v) is 7.28. The van der Waals surface area contributed by atoms with Crippen LogP contribution in [0.2, 0.25) is 0 Å². The second kappa shape index (κ2) is 12.7. The van der Waals surface area contributed by atoms with E-state index in [0.717, 1.165) is 31.9 Å². The van der Waals surface area contributed by atoms with Gasteiger partial charge in [-0.3, -0.25) is 0 Å². The Bertz CT molecular complexity index is 917. The number of rotatable bonds is 2. The summed E-state index contributed by atoms with van der Waals surface area (Å²) in [5.74, 6) is 0.430. The molecular weight excluding hydrogens is 586 g/mol. The fourth-order valence-corrected chi connectivity index (χ4v) is 5.34. The molecule has 1 N–H and O–H groups in total. The zero-order valence-electron chi connectivity index (χ0n) is 21.7. The molecule has 9 nitrogen and oxygen atoms in total. The van der Waals surface area contributed by atoms with Crippen LogP contribution < -0.4 is 10.2 Å². The Labute approximate surface area is 248 Å². The number of hydrogen-bond acceptors (Lipinski definition) is 7. The maximum absolute atomic E-state index is 12.7. The van der Waals surface area contributed by atoms with Crippen LogP contribution in [-0.2, 0) is 57.1 Å². The summed E-state index contributed by atoms with van der Waals surface area (Å²) in [5.41, 5.74) is -1.29. The molecule has 3 saturated heterocycles. The Morgan fingerprint density at radius 1 is 1.11 bits per heavy atom. The van der Waals surface area contributed by atoms with Gasteiger partial charge in [0.2, 0.25) is 0 Å². The maximum Gasteiger partial charge on any atom is 0.434 e. The minimum Gasteiger partial charge on any atom is -0.813 e. The Kier molecular flexibility index (Phi) is 11.5. The number of carbonyl (C=O) groups is 2. The molecule has 0 bridgehead atoms. The third kappa shape index (κ3) is 6.82. The number of carbonyl (C=O) groups excluding carboxylic acids is 2. The van der Waals surface area contributed by atoms with Crippen molar-refractivity contribution in [2.75, 3.05) is 44.7 Å². The fourth-order valence-electron chi connectivity index (χ4n) is 5.34. The first-order valence-corrected chi connectivity index (χ1v) is 11.7. The van der Waals surface area contributed by atoms with Crippen molar-refractivity contribution < 1.29 is 60.2 Å². The molecule has 4 fully saturated rings. The van der Waals surface area contributed by atoms with Crippen molar-refractivity contribution in [3.63, 3.8) is 0 Å². The van der Waals surface area contributed by atoms with Gasteiger partial charge < -0.3 is 45.7 Å². The number of hydrogen-bond donors (Lipinski definition) is 1. The van der Waals surface area contributed by atoms with E-state index >= 15 is 0 Å². The van der Waals surface area contributed by atoms with Gasteiger partial charge in [0, 0.05) is 64.3 Å². The molecule has 3 aliphatic heterocycles. The van der Waals surface area contributed by atoms with E-state index in [-0.39, 0.29) is 71.1 Å². The van der Waals surface area contributed by atoms with Crippen molar-refractivity contribution in [2.24, 2.45) is 5.41 Å². The van der Waals surface area contributed by atoms with Crippen LogP contribution in [0.15, 0.2) is 12.4 Å². The predicted molar refractivity (Wildman–Crippen MR) is 132 cm³/mol. The molecule has 1 aliphatic carbocycles. The number of aromatic nitrogens is 2. The standard InChI is InChI=1S/C20H25F3N6O3.C2H6.CH3.H2S.Y/c1-27(15-7-24-14(6-25-15)20(21,22)23)13-2-4-18(5-3-13)8-28(9-18)17(31)29-10-19(11-29)12-32-16(30)26-19;1-2;;;/h6-7,13H,2-5,8-12H2,1H3,(H,26,30);1-2H3;1H3;1H2;/q;;-1;;/p-1. The van der Waals surface area contributed by atoms with Crippen LogP contribution in [0.5, 0.6) is 0 Å². The molecule has 207 valence electrons. The first-order chi connectivity index (χ1) is 16.1. The van der Waals surface area contributed by atoms with Crippen LogP contribution >= 0.6 is 0 Å². The molecule has 1 saturated carbocycles. The zero-order chi connectivity index (χ0) is 24.7. The summed E-state index contributed by atoms with van der Waals surface area (Å²) >= 11 is 0. The summed E-state index contributed by atoms with van der Waals surface area (Å²) in [6.07, 6.45) is 0.702. The van der Waals surface area contributed by atoms with Gasteiger partial charge in [0.15, 0.2) is 5.69 Å². The van der Waals surface area contributed by atoms with Crippen molar-refractivity contribution >= 4 is 31.4 Å². The number of halogens is 3. The number of nitrogens with zero attached hydrogens (tertiary/aromatic N) is 5. The topological polar surface area (TPSA) is 90.9 Å². The molecule has 4 heterocycles. The Morgan fingerprint density at radius 3 is 2.14 bits per heavy atom. The van der Waals surface area contributed by atoms with Gasteiger partial charge in [0.25, 0.3) is 0 Å². The van der Waals surface area contributed by atoms with E-state index in [1.54, 1.807) is 4.90 Å². The molecule has 1 aromatic rings. The smallest absolute Gasteiger partial charge is 0.434 e. The number of thiol groups is 1. The average molecular weight is 622 g/mol. The monoisotopic (exact) mass is 621 g/mol. The second-order valence-corrected chi connectivity index (χ2v) is 9.58. The molecule has 1 radical (unpaired) electrons. The first kappa shape index (κ1) is 33.7. The summed E-state index contributed by atoms with van der Waals surface area (Å²) in [6.45, 7) is 6.69. The average Bonchev–Trinajstić information content (AvgIpc) is 3.19. The summed E-state index contributed by atoms with van der Waals surface area (Å²) in [4.78, 5) is 36.9. The second-order valence-electron chi connectivity index (χ2n) is 9.58. The number of likely N-dealkylation sites (tertiary alicyclic amines) is 2. The van der Waals surface area contributed by atoms with Crippen molar-refractivity contribution in [1.82, 2.24) is 25.1 Å². The number of anilines is 1. The number of nitrogens with one attached hydrogen (secondary N) is 1. The number of urea groups is 1. The third-order valence-electron chi connectivity index (χ3n) is 7.28. The quantitative estimate of drug-likeness (QED) is 0.308. The molecule has 0 aromatic carbocycles. The van der Waals surface area contributed by atoms with Gasteiger partial charge in [0.1, 0.15) is 18.0 Å². The van der Waals surface area contributed by atoms with E-state index in [1.165, 1.54) is 6.20 Å². The molecule has 4 aliphatic rings. The molecule has 37 heavy (non-hydrogen) atoms. The molecule has 0 atom stereocenters. The van der Waals surface area contributed by atoms with Crippen LogP contribution in [0.4, 0.5) is 28.6 Å². The van der Waals surface area contributed by atoms with Crippen LogP contribution in [-0.4, -0.2) is 83.3 Å². The molecule has 5 rings (SSSR count). The van der Waals surface area contributed by atoms with Crippen LogP contribution in [0.3, 0.4) is 0 Å². The number of ether oxygens (including phenoxy) is 1. The zero-order valence-corrected chi connectivity index (χ0v) is 25.4. The fraction of sp³-hybridized carbons (Fsp3) is 0.696. The largest absolute Gasteiger partial charge is 0.813 e. The predicted octanol–water partition coefficient (Wildman–Crippen LogP) is 3.29. The summed E-state index contributed by atoms with van der Waals surface area (Å²) in [7, 11) is 1.84. The van der Waals surface area contributed by atoms with E-state index < -0.39 is 23.5 Å². The van der Waals surface area contributed by atoms with Gasteiger partial charge in [-0.1, -0.05) is 13.8 Å². The van der Waals surface area contributed by atoms with E-state index in [0.29, 0.717) is 38.6 Å². The van der Waals surface area contributed by atoms with Crippen molar-refractivity contribution in [3.05, 3.63) is 25.5 Å². The minimum absolute atomic E-state index is 0. The van der Waals surface area contributed by atoms with Gasteiger partial charge in [-0.2, -0.15) is 13.2 Å². The number of alkyl carbamates (subject to hydrolysis) is 1. The van der Waals surface area contributed by atoms with Crippen LogP contribution in [0.1, 0.15) is 45.2 Å². The summed E-state index contributed by atoms with van der Waals surface area (Å²) in [5, 5.41) is 2.78. The Balaban J connectivity index is 0.00000134. The molecule has 14 heteroatoms. The Morgan fingerprint density at radius 2 is 1.68 bits per heavy atom. The molecule has 2 spiro atoms. The summed E-state index contributed by atoms with van der Waals surface area (Å²) in [6, 6.07) is 0.180. The van der Waals surface area contributed by atoms with Gasteiger partial charge in [-0.25, -0.2) is 19.6 Å². The molecule has 0 unspecified atom stereocenters. The molecule has 1 aromatic heterocycles. The molecule has 3 amide bonds. The van der Waals surface area contributed by atoms with E-state index in [4.69, 9.17) is 4.74 Å². The van der Waals surface area contributed by atoms with E-state index in [9.17, 15) is 22.8 Å².